The third-order valence-corrected chi connectivity index (χ3v) is 3.48. The highest BCUT2D eigenvalue weighted by Crippen LogP contribution is 2.35. The molecule has 0 fully saturated rings. The monoisotopic (exact) mass is 344 g/mol. The Hall–Kier alpha value is -2.09. The fourth-order valence-corrected chi connectivity index (χ4v) is 2.45. The van der Waals surface area contributed by atoms with Crippen molar-refractivity contribution < 1.29 is 22.7 Å². The Morgan fingerprint density at radius 1 is 1.30 bits per heavy atom. The van der Waals surface area contributed by atoms with Crippen LogP contribution in [0.2, 0.25) is 0 Å². The Bertz CT molecular complexity index is 654. The molecule has 0 saturated carbocycles. The number of hydrogen-bond acceptors (Lipinski definition) is 3. The van der Waals surface area contributed by atoms with Gasteiger partial charge >= 0.3 is 12.1 Å². The van der Waals surface area contributed by atoms with E-state index in [0.717, 1.165) is 5.56 Å². The Kier molecular flexibility index (Phi) is 4.93. The van der Waals surface area contributed by atoms with E-state index in [1.807, 2.05) is 12.2 Å². The van der Waals surface area contributed by atoms with Gasteiger partial charge in [0, 0.05) is 0 Å². The number of nitrogens with one attached hydrogen (secondary N) is 2. The van der Waals surface area contributed by atoms with Gasteiger partial charge in [-0.15, -0.1) is 0 Å². The van der Waals surface area contributed by atoms with Crippen molar-refractivity contribution in [2.24, 2.45) is 0 Å². The molecule has 1 aromatic rings. The van der Waals surface area contributed by atoms with Crippen LogP contribution in [0, 0.1) is 6.92 Å². The third-order valence-electron chi connectivity index (χ3n) is 3.26. The molecule has 0 saturated heterocycles. The van der Waals surface area contributed by atoms with Crippen LogP contribution in [0.3, 0.4) is 0 Å². The Balaban J connectivity index is 2.59. The van der Waals surface area contributed by atoms with Crippen molar-refractivity contribution in [3.63, 3.8) is 0 Å². The molecule has 0 radical (unpaired) electrons. The van der Waals surface area contributed by atoms with E-state index in [9.17, 15) is 18.0 Å². The molecular formula is C15H15F3N2O2S. The zero-order valence-electron chi connectivity index (χ0n) is 12.5. The highest BCUT2D eigenvalue weighted by Gasteiger charge is 2.44. The SMILES string of the molecule is CCOC(=O)C1=C(C(F)(F)F)NC(=S)NC1c1ccc(C)cc1. The molecule has 2 N–H and O–H groups in total. The average molecular weight is 344 g/mol. The minimum atomic E-state index is -4.75. The molecular weight excluding hydrogens is 329 g/mol. The Morgan fingerprint density at radius 2 is 1.91 bits per heavy atom. The van der Waals surface area contributed by atoms with Crippen LogP contribution in [-0.4, -0.2) is 23.9 Å². The second-order valence-corrected chi connectivity index (χ2v) is 5.36. The number of thiocarbonyl (C=S) groups is 1. The maximum absolute atomic E-state index is 13.3. The number of ether oxygens (including phenoxy) is 1. The molecule has 23 heavy (non-hydrogen) atoms. The van der Waals surface area contributed by atoms with Crippen molar-refractivity contribution in [3.8, 4) is 0 Å². The van der Waals surface area contributed by atoms with Gasteiger partial charge in [0.1, 0.15) is 5.70 Å². The standard InChI is InChI=1S/C15H15F3N2O2S/c1-3-22-13(21)10-11(9-6-4-8(2)5-7-9)19-14(23)20-12(10)15(16,17)18/h4-7,11H,3H2,1-2H3,(H2,19,20,23). The molecule has 0 spiro atoms. The second-order valence-electron chi connectivity index (χ2n) is 4.95. The summed E-state index contributed by atoms with van der Waals surface area (Å²) in [5.41, 5.74) is -0.283. The first-order chi connectivity index (χ1) is 10.7. The quantitative estimate of drug-likeness (QED) is 0.652. The molecule has 4 nitrogen and oxygen atoms in total. The summed E-state index contributed by atoms with van der Waals surface area (Å²) in [4.78, 5) is 12.1. The van der Waals surface area contributed by atoms with Crippen LogP contribution in [-0.2, 0) is 9.53 Å². The van der Waals surface area contributed by atoms with Crippen LogP contribution in [0.25, 0.3) is 0 Å². The summed E-state index contributed by atoms with van der Waals surface area (Å²) in [6, 6.07) is 5.76. The van der Waals surface area contributed by atoms with Crippen molar-refractivity contribution in [1.29, 1.82) is 0 Å². The molecule has 0 aliphatic carbocycles. The number of hydrogen-bond donors (Lipinski definition) is 2. The van der Waals surface area contributed by atoms with Crippen LogP contribution >= 0.6 is 12.2 Å². The van der Waals surface area contributed by atoms with Gasteiger partial charge in [0.15, 0.2) is 5.11 Å². The molecule has 1 unspecified atom stereocenters. The summed E-state index contributed by atoms with van der Waals surface area (Å²) in [6.07, 6.45) is -4.75. The molecule has 0 amide bonds. The van der Waals surface area contributed by atoms with Crippen molar-refractivity contribution in [3.05, 3.63) is 46.7 Å². The van der Waals surface area contributed by atoms with Gasteiger partial charge in [0.05, 0.1) is 18.2 Å². The Labute approximate surface area is 136 Å². The lowest BCUT2D eigenvalue weighted by molar-refractivity contribution is -0.140. The van der Waals surface area contributed by atoms with Gasteiger partial charge in [-0.25, -0.2) is 4.79 Å². The first-order valence-electron chi connectivity index (χ1n) is 6.86. The molecule has 1 atom stereocenters. The zero-order chi connectivity index (χ0) is 17.2. The van der Waals surface area contributed by atoms with E-state index in [-0.39, 0.29) is 11.7 Å². The predicted molar refractivity (Wildman–Crippen MR) is 82.5 cm³/mol. The molecule has 0 bridgehead atoms. The molecule has 2 rings (SSSR count). The first-order valence-corrected chi connectivity index (χ1v) is 7.27. The number of esters is 1. The number of rotatable bonds is 3. The summed E-state index contributed by atoms with van der Waals surface area (Å²) in [7, 11) is 0. The molecule has 1 heterocycles. The minimum absolute atomic E-state index is 0.0292. The number of allylic oxidation sites excluding steroid dienone is 1. The smallest absolute Gasteiger partial charge is 0.431 e. The van der Waals surface area contributed by atoms with Crippen LogP contribution in [0.15, 0.2) is 35.5 Å². The van der Waals surface area contributed by atoms with Crippen LogP contribution in [0.4, 0.5) is 13.2 Å². The molecule has 0 aromatic heterocycles. The summed E-state index contributed by atoms with van der Waals surface area (Å²) < 4.78 is 44.7. The summed E-state index contributed by atoms with van der Waals surface area (Å²) in [5, 5.41) is 4.54. The normalized spacial score (nSPS) is 18.3. The fourth-order valence-electron chi connectivity index (χ4n) is 2.23. The minimum Gasteiger partial charge on any atom is -0.463 e. The number of alkyl halides is 3. The van der Waals surface area contributed by atoms with Crippen molar-refractivity contribution in [2.45, 2.75) is 26.1 Å². The summed E-state index contributed by atoms with van der Waals surface area (Å²) in [6.45, 7) is 3.35. The van der Waals surface area contributed by atoms with Gasteiger partial charge in [-0.3, -0.25) is 0 Å². The van der Waals surface area contributed by atoms with E-state index in [0.29, 0.717) is 5.56 Å². The lowest BCUT2D eigenvalue weighted by Gasteiger charge is -2.31. The number of carbonyl (C=O) groups excluding carboxylic acids is 1. The number of benzene rings is 1. The third kappa shape index (κ3) is 3.82. The van der Waals surface area contributed by atoms with Crippen molar-refractivity contribution >= 4 is 23.3 Å². The van der Waals surface area contributed by atoms with Gasteiger partial charge in [0.25, 0.3) is 0 Å². The van der Waals surface area contributed by atoms with E-state index in [1.165, 1.54) is 6.92 Å². The maximum atomic E-state index is 13.3. The summed E-state index contributed by atoms with van der Waals surface area (Å²) >= 11 is 4.85. The topological polar surface area (TPSA) is 50.4 Å². The highest BCUT2D eigenvalue weighted by molar-refractivity contribution is 7.80. The highest BCUT2D eigenvalue weighted by atomic mass is 32.1. The van der Waals surface area contributed by atoms with Gasteiger partial charge in [-0.1, -0.05) is 29.8 Å². The molecule has 1 aliphatic rings. The van der Waals surface area contributed by atoms with E-state index in [1.54, 1.807) is 24.3 Å². The molecule has 124 valence electrons. The number of carbonyl (C=O) groups is 1. The van der Waals surface area contributed by atoms with Gasteiger partial charge in [0.2, 0.25) is 0 Å². The first kappa shape index (κ1) is 17.3. The lowest BCUT2D eigenvalue weighted by atomic mass is 9.94. The largest absolute Gasteiger partial charge is 0.463 e. The summed E-state index contributed by atoms with van der Waals surface area (Å²) in [5.74, 6) is -1.03. The van der Waals surface area contributed by atoms with Gasteiger partial charge < -0.3 is 15.4 Å². The number of aryl methyl sites for hydroxylation is 1. The van der Waals surface area contributed by atoms with Gasteiger partial charge in [-0.05, 0) is 31.6 Å². The van der Waals surface area contributed by atoms with E-state index in [2.05, 4.69) is 5.32 Å². The average Bonchev–Trinajstić information content (AvgIpc) is 2.46. The zero-order valence-corrected chi connectivity index (χ0v) is 13.3. The number of halogens is 3. The van der Waals surface area contributed by atoms with Crippen molar-refractivity contribution in [1.82, 2.24) is 10.6 Å². The van der Waals surface area contributed by atoms with E-state index >= 15 is 0 Å². The van der Waals surface area contributed by atoms with E-state index < -0.39 is 29.5 Å². The van der Waals surface area contributed by atoms with Crippen molar-refractivity contribution in [2.75, 3.05) is 6.61 Å². The second kappa shape index (κ2) is 6.57. The predicted octanol–water partition coefficient (Wildman–Crippen LogP) is 2.89. The van der Waals surface area contributed by atoms with E-state index in [4.69, 9.17) is 17.0 Å². The van der Waals surface area contributed by atoms with Crippen LogP contribution in [0.5, 0.6) is 0 Å². The fraction of sp³-hybridized carbons (Fsp3) is 0.333. The molecule has 1 aromatic carbocycles. The van der Waals surface area contributed by atoms with Crippen LogP contribution in [0.1, 0.15) is 24.1 Å². The van der Waals surface area contributed by atoms with Gasteiger partial charge in [-0.2, -0.15) is 13.2 Å². The molecule has 8 heteroatoms. The van der Waals surface area contributed by atoms with Crippen LogP contribution < -0.4 is 10.6 Å². The molecule has 1 aliphatic heterocycles. The maximum Gasteiger partial charge on any atom is 0.431 e. The lowest BCUT2D eigenvalue weighted by Crippen LogP contribution is -2.49. The Morgan fingerprint density at radius 3 is 2.43 bits per heavy atom.